The molecule has 0 bridgehead atoms. The Morgan fingerprint density at radius 3 is 2.73 bits per heavy atom. The number of carbonyl (C=O) groups is 2. The second-order valence-corrected chi connectivity index (χ2v) is 2.68. The van der Waals surface area contributed by atoms with E-state index in [1.54, 1.807) is 16.8 Å². The van der Waals surface area contributed by atoms with Gasteiger partial charge < -0.3 is 4.74 Å². The van der Waals surface area contributed by atoms with Gasteiger partial charge in [0.2, 0.25) is 5.78 Å². The first kappa shape index (κ1) is 7.94. The third-order valence-corrected chi connectivity index (χ3v) is 1.65. The molecule has 11 heavy (non-hydrogen) atoms. The van der Waals surface area contributed by atoms with Gasteiger partial charge in [0.05, 0.1) is 0 Å². The summed E-state index contributed by atoms with van der Waals surface area (Å²) in [5, 5.41) is 3.42. The lowest BCUT2D eigenvalue weighted by molar-refractivity contribution is -0.146. The van der Waals surface area contributed by atoms with Crippen LogP contribution in [0.2, 0.25) is 0 Å². The molecule has 0 N–H and O–H groups in total. The number of rotatable bonds is 2. The molecule has 0 atom stereocenters. The number of Topliss-reactive ketones (excluding diaryl/α,β-unsaturated/α-hetero) is 1. The molecule has 3 nitrogen and oxygen atoms in total. The number of esters is 1. The Balaban J connectivity index is 2.57. The van der Waals surface area contributed by atoms with Crippen molar-refractivity contribution in [2.45, 2.75) is 6.92 Å². The van der Waals surface area contributed by atoms with E-state index in [2.05, 4.69) is 4.74 Å². The number of thiophene rings is 1. The molecular formula is C7H6O3S. The van der Waals surface area contributed by atoms with E-state index in [1.807, 2.05) is 0 Å². The van der Waals surface area contributed by atoms with E-state index in [1.165, 1.54) is 18.3 Å². The lowest BCUT2D eigenvalue weighted by Crippen LogP contribution is -2.16. The summed E-state index contributed by atoms with van der Waals surface area (Å²) in [4.78, 5) is 21.0. The Hall–Kier alpha value is -1.16. The van der Waals surface area contributed by atoms with Crippen molar-refractivity contribution in [3.8, 4) is 5.75 Å². The van der Waals surface area contributed by atoms with Crippen LogP contribution in [0.3, 0.4) is 0 Å². The van der Waals surface area contributed by atoms with E-state index < -0.39 is 11.8 Å². The van der Waals surface area contributed by atoms with E-state index in [4.69, 9.17) is 0 Å². The molecule has 0 aliphatic rings. The maximum Gasteiger partial charge on any atom is 0.379 e. The second-order valence-electron chi connectivity index (χ2n) is 1.90. The molecule has 0 radical (unpaired) electrons. The molecule has 1 aromatic heterocycles. The molecule has 0 saturated carbocycles. The fourth-order valence-corrected chi connectivity index (χ4v) is 1.04. The summed E-state index contributed by atoms with van der Waals surface area (Å²) in [5.74, 6) is -0.977. The van der Waals surface area contributed by atoms with E-state index >= 15 is 0 Å². The minimum atomic E-state index is -0.816. The van der Waals surface area contributed by atoms with Crippen LogP contribution < -0.4 is 4.74 Å². The second kappa shape index (κ2) is 3.30. The van der Waals surface area contributed by atoms with Crippen LogP contribution in [0.4, 0.5) is 0 Å². The summed E-state index contributed by atoms with van der Waals surface area (Å²) in [7, 11) is 0. The molecule has 0 spiro atoms. The molecule has 0 unspecified atom stereocenters. The van der Waals surface area contributed by atoms with Gasteiger partial charge in [0, 0.05) is 12.3 Å². The van der Waals surface area contributed by atoms with Crippen LogP contribution in [0.5, 0.6) is 5.75 Å². The Morgan fingerprint density at radius 2 is 2.27 bits per heavy atom. The van der Waals surface area contributed by atoms with Gasteiger partial charge in [0.15, 0.2) is 0 Å². The Labute approximate surface area is 67.6 Å². The maximum absolute atomic E-state index is 10.6. The van der Waals surface area contributed by atoms with Gasteiger partial charge in [-0.25, -0.2) is 4.79 Å². The molecule has 0 amide bonds. The van der Waals surface area contributed by atoms with Crippen LogP contribution in [-0.2, 0) is 9.59 Å². The third kappa shape index (κ3) is 2.16. The van der Waals surface area contributed by atoms with E-state index in [0.717, 1.165) is 0 Å². The first-order chi connectivity index (χ1) is 5.20. The normalized spacial score (nSPS) is 9.18. The Morgan fingerprint density at radius 1 is 1.55 bits per heavy atom. The molecule has 1 aromatic rings. The number of carbonyl (C=O) groups excluding carboxylic acids is 2. The van der Waals surface area contributed by atoms with Crippen molar-refractivity contribution in [2.24, 2.45) is 0 Å². The van der Waals surface area contributed by atoms with E-state index in [-0.39, 0.29) is 0 Å². The predicted molar refractivity (Wildman–Crippen MR) is 40.6 cm³/mol. The van der Waals surface area contributed by atoms with Crippen molar-refractivity contribution >= 4 is 23.1 Å². The highest BCUT2D eigenvalue weighted by Crippen LogP contribution is 2.14. The highest BCUT2D eigenvalue weighted by molar-refractivity contribution is 7.08. The lowest BCUT2D eigenvalue weighted by Gasteiger charge is -1.95. The highest BCUT2D eigenvalue weighted by atomic mass is 32.1. The molecule has 0 saturated heterocycles. The zero-order valence-electron chi connectivity index (χ0n) is 5.87. The minimum absolute atomic E-state index is 0.426. The van der Waals surface area contributed by atoms with Gasteiger partial charge in [-0.05, 0) is 11.4 Å². The van der Waals surface area contributed by atoms with Gasteiger partial charge in [-0.3, -0.25) is 4.79 Å². The summed E-state index contributed by atoms with van der Waals surface area (Å²) in [6.07, 6.45) is 0. The Bertz CT molecular complexity index is 263. The van der Waals surface area contributed by atoms with Crippen molar-refractivity contribution in [1.29, 1.82) is 0 Å². The van der Waals surface area contributed by atoms with Gasteiger partial charge in [-0.15, -0.1) is 11.3 Å². The SMILES string of the molecule is CC(=O)C(=O)Oc1ccsc1. The number of hydrogen-bond acceptors (Lipinski definition) is 4. The summed E-state index contributed by atoms with van der Waals surface area (Å²) < 4.78 is 4.64. The number of ketones is 1. The molecule has 0 aliphatic carbocycles. The maximum atomic E-state index is 10.6. The van der Waals surface area contributed by atoms with Crippen molar-refractivity contribution in [3.63, 3.8) is 0 Å². The minimum Gasteiger partial charge on any atom is -0.420 e. The number of hydrogen-bond donors (Lipinski definition) is 0. The molecule has 0 aliphatic heterocycles. The Kier molecular flexibility index (Phi) is 2.38. The van der Waals surface area contributed by atoms with Crippen LogP contribution in [0.1, 0.15) is 6.92 Å². The zero-order chi connectivity index (χ0) is 8.27. The van der Waals surface area contributed by atoms with Crippen molar-refractivity contribution in [1.82, 2.24) is 0 Å². The molecule has 1 heterocycles. The largest absolute Gasteiger partial charge is 0.420 e. The van der Waals surface area contributed by atoms with Gasteiger partial charge in [-0.2, -0.15) is 0 Å². The van der Waals surface area contributed by atoms with Crippen LogP contribution >= 0.6 is 11.3 Å². The smallest absolute Gasteiger partial charge is 0.379 e. The molecule has 0 aromatic carbocycles. The van der Waals surface area contributed by atoms with Crippen molar-refractivity contribution in [3.05, 3.63) is 16.8 Å². The summed E-state index contributed by atoms with van der Waals surface area (Å²) in [5.41, 5.74) is 0. The zero-order valence-corrected chi connectivity index (χ0v) is 6.68. The van der Waals surface area contributed by atoms with Crippen molar-refractivity contribution < 1.29 is 14.3 Å². The predicted octanol–water partition coefficient (Wildman–Crippen LogP) is 1.24. The van der Waals surface area contributed by atoms with Crippen molar-refractivity contribution in [2.75, 3.05) is 0 Å². The van der Waals surface area contributed by atoms with Gasteiger partial charge in [-0.1, -0.05) is 0 Å². The van der Waals surface area contributed by atoms with Crippen LogP contribution in [0, 0.1) is 0 Å². The van der Waals surface area contributed by atoms with E-state index in [9.17, 15) is 9.59 Å². The molecule has 0 fully saturated rings. The number of ether oxygens (including phenoxy) is 1. The van der Waals surface area contributed by atoms with Crippen LogP contribution in [0.25, 0.3) is 0 Å². The van der Waals surface area contributed by atoms with Crippen LogP contribution in [0.15, 0.2) is 16.8 Å². The van der Waals surface area contributed by atoms with Crippen LogP contribution in [-0.4, -0.2) is 11.8 Å². The molecular weight excluding hydrogens is 164 g/mol. The molecule has 58 valence electrons. The fraction of sp³-hybridized carbons (Fsp3) is 0.143. The summed E-state index contributed by atoms with van der Waals surface area (Å²) >= 11 is 1.40. The third-order valence-electron chi connectivity index (χ3n) is 0.993. The summed E-state index contributed by atoms with van der Waals surface area (Å²) in [6, 6.07) is 1.63. The average molecular weight is 170 g/mol. The standard InChI is InChI=1S/C7H6O3S/c1-5(8)7(9)10-6-2-3-11-4-6/h2-4H,1H3. The quantitative estimate of drug-likeness (QED) is 0.495. The van der Waals surface area contributed by atoms with Gasteiger partial charge in [0.1, 0.15) is 5.75 Å². The topological polar surface area (TPSA) is 43.4 Å². The lowest BCUT2D eigenvalue weighted by atomic mass is 10.5. The first-order valence-corrected chi connectivity index (χ1v) is 3.89. The fourth-order valence-electron chi connectivity index (χ4n) is 0.489. The molecule has 1 rings (SSSR count). The first-order valence-electron chi connectivity index (χ1n) is 2.95. The highest BCUT2D eigenvalue weighted by Gasteiger charge is 2.09. The van der Waals surface area contributed by atoms with E-state index in [0.29, 0.717) is 5.75 Å². The summed E-state index contributed by atoms with van der Waals surface area (Å²) in [6.45, 7) is 1.18. The molecule has 4 heteroatoms. The van der Waals surface area contributed by atoms with Gasteiger partial charge >= 0.3 is 5.97 Å². The monoisotopic (exact) mass is 170 g/mol. The van der Waals surface area contributed by atoms with Gasteiger partial charge in [0.25, 0.3) is 0 Å². The average Bonchev–Trinajstić information content (AvgIpc) is 2.39.